The molecule has 154 valence electrons. The molecule has 2 amide bonds. The van der Waals surface area contributed by atoms with Crippen LogP contribution in [0.2, 0.25) is 0 Å². The van der Waals surface area contributed by atoms with E-state index in [1.807, 2.05) is 61.7 Å². The molecular formula is C23H24N4O3. The molecule has 0 spiro atoms. The number of aryl methyl sites for hydroxylation is 1. The standard InChI is InChI=1S/C23H24N4O3/c1-16-7-6-10-19(11-16)27-14-17(12-24-27)13-26(2)23(29)22-21(25-20(28)15-30-22)18-8-4-3-5-9-18/h3-12,14,21-22H,13,15H2,1-2H3,(H,25,28)/t21-,22+/m1/s1. The third-order valence-corrected chi connectivity index (χ3v) is 5.11. The lowest BCUT2D eigenvalue weighted by atomic mass is 9.99. The Balaban J connectivity index is 1.48. The van der Waals surface area contributed by atoms with Crippen LogP contribution in [-0.4, -0.2) is 46.3 Å². The van der Waals surface area contributed by atoms with Crippen LogP contribution in [0.5, 0.6) is 0 Å². The molecule has 0 unspecified atom stereocenters. The van der Waals surface area contributed by atoms with E-state index in [2.05, 4.69) is 16.5 Å². The van der Waals surface area contributed by atoms with Crippen molar-refractivity contribution >= 4 is 11.8 Å². The highest BCUT2D eigenvalue weighted by molar-refractivity contribution is 5.86. The Bertz CT molecular complexity index is 1050. The van der Waals surface area contributed by atoms with Crippen LogP contribution in [-0.2, 0) is 20.9 Å². The maximum absolute atomic E-state index is 13.1. The molecule has 2 heterocycles. The highest BCUT2D eigenvalue weighted by Crippen LogP contribution is 2.24. The first-order valence-electron chi connectivity index (χ1n) is 9.83. The molecule has 4 rings (SSSR count). The summed E-state index contributed by atoms with van der Waals surface area (Å²) in [5, 5.41) is 7.30. The zero-order valence-electron chi connectivity index (χ0n) is 17.0. The van der Waals surface area contributed by atoms with Crippen molar-refractivity contribution in [3.8, 4) is 5.69 Å². The first kappa shape index (κ1) is 19.8. The predicted molar refractivity (Wildman–Crippen MR) is 112 cm³/mol. The summed E-state index contributed by atoms with van der Waals surface area (Å²) in [5.74, 6) is -0.415. The van der Waals surface area contributed by atoms with Gasteiger partial charge in [-0.3, -0.25) is 9.59 Å². The number of nitrogens with zero attached hydrogens (tertiary/aromatic N) is 3. The van der Waals surface area contributed by atoms with Gasteiger partial charge >= 0.3 is 0 Å². The fraction of sp³-hybridized carbons (Fsp3) is 0.261. The van der Waals surface area contributed by atoms with Crippen LogP contribution in [0.3, 0.4) is 0 Å². The lowest BCUT2D eigenvalue weighted by molar-refractivity contribution is -0.154. The molecule has 3 aromatic rings. The molecular weight excluding hydrogens is 380 g/mol. The van der Waals surface area contributed by atoms with Gasteiger partial charge in [-0.05, 0) is 30.2 Å². The Morgan fingerprint density at radius 1 is 1.23 bits per heavy atom. The number of hydrogen-bond donors (Lipinski definition) is 1. The van der Waals surface area contributed by atoms with Gasteiger partial charge in [0.2, 0.25) is 5.91 Å². The molecule has 2 aromatic carbocycles. The molecule has 1 aromatic heterocycles. The van der Waals surface area contributed by atoms with E-state index in [1.165, 1.54) is 0 Å². The van der Waals surface area contributed by atoms with Crippen molar-refractivity contribution in [2.75, 3.05) is 13.7 Å². The largest absolute Gasteiger partial charge is 0.356 e. The SMILES string of the molecule is Cc1cccc(-n2cc(CN(C)C(=O)[C@H]3OCC(=O)N[C@@H]3c3ccccc3)cn2)c1. The quantitative estimate of drug-likeness (QED) is 0.709. The number of nitrogens with one attached hydrogen (secondary N) is 1. The summed E-state index contributed by atoms with van der Waals surface area (Å²) >= 11 is 0. The van der Waals surface area contributed by atoms with E-state index in [4.69, 9.17) is 4.74 Å². The molecule has 1 N–H and O–H groups in total. The second-order valence-corrected chi connectivity index (χ2v) is 7.51. The monoisotopic (exact) mass is 404 g/mol. The van der Waals surface area contributed by atoms with E-state index in [0.717, 1.165) is 22.4 Å². The molecule has 1 saturated heterocycles. The molecule has 0 aliphatic carbocycles. The second kappa shape index (κ2) is 8.51. The molecule has 0 bridgehead atoms. The van der Waals surface area contributed by atoms with E-state index in [0.29, 0.717) is 6.54 Å². The number of carbonyl (C=O) groups is 2. The van der Waals surface area contributed by atoms with Crippen molar-refractivity contribution in [2.24, 2.45) is 0 Å². The van der Waals surface area contributed by atoms with Crippen molar-refractivity contribution in [1.82, 2.24) is 20.0 Å². The number of rotatable bonds is 5. The highest BCUT2D eigenvalue weighted by atomic mass is 16.5. The Kier molecular flexibility index (Phi) is 5.63. The number of hydrogen-bond acceptors (Lipinski definition) is 4. The van der Waals surface area contributed by atoms with Crippen LogP contribution < -0.4 is 5.32 Å². The van der Waals surface area contributed by atoms with Crippen LogP contribution in [0.4, 0.5) is 0 Å². The first-order valence-corrected chi connectivity index (χ1v) is 9.83. The predicted octanol–water partition coefficient (Wildman–Crippen LogP) is 2.40. The number of carbonyl (C=O) groups excluding carboxylic acids is 2. The Morgan fingerprint density at radius 3 is 2.80 bits per heavy atom. The smallest absolute Gasteiger partial charge is 0.254 e. The van der Waals surface area contributed by atoms with Gasteiger partial charge in [-0.2, -0.15) is 5.10 Å². The number of aromatic nitrogens is 2. The fourth-order valence-corrected chi connectivity index (χ4v) is 3.61. The minimum Gasteiger partial charge on any atom is -0.356 e. The minimum atomic E-state index is -0.776. The molecule has 30 heavy (non-hydrogen) atoms. The molecule has 2 atom stereocenters. The summed E-state index contributed by atoms with van der Waals surface area (Å²) in [6.45, 7) is 2.30. The maximum Gasteiger partial charge on any atom is 0.254 e. The van der Waals surface area contributed by atoms with Crippen LogP contribution in [0.25, 0.3) is 5.69 Å². The van der Waals surface area contributed by atoms with Gasteiger partial charge in [0.25, 0.3) is 5.91 Å². The lowest BCUT2D eigenvalue weighted by Gasteiger charge is -2.34. The van der Waals surface area contributed by atoms with E-state index < -0.39 is 12.1 Å². The van der Waals surface area contributed by atoms with E-state index in [-0.39, 0.29) is 18.4 Å². The van der Waals surface area contributed by atoms with Crippen molar-refractivity contribution in [3.63, 3.8) is 0 Å². The second-order valence-electron chi connectivity index (χ2n) is 7.51. The van der Waals surface area contributed by atoms with Gasteiger partial charge in [-0.25, -0.2) is 4.68 Å². The van der Waals surface area contributed by atoms with Gasteiger partial charge < -0.3 is 15.0 Å². The van der Waals surface area contributed by atoms with Crippen LogP contribution in [0.1, 0.15) is 22.7 Å². The summed E-state index contributed by atoms with van der Waals surface area (Å²) in [6.07, 6.45) is 2.89. The van der Waals surface area contributed by atoms with Crippen LogP contribution >= 0.6 is 0 Å². The van der Waals surface area contributed by atoms with E-state index in [1.54, 1.807) is 22.8 Å². The van der Waals surface area contributed by atoms with Crippen molar-refractivity contribution in [3.05, 3.63) is 83.7 Å². The Morgan fingerprint density at radius 2 is 2.03 bits per heavy atom. The van der Waals surface area contributed by atoms with Gasteiger partial charge in [0.05, 0.1) is 17.9 Å². The lowest BCUT2D eigenvalue weighted by Crippen LogP contribution is -2.52. The van der Waals surface area contributed by atoms with Gasteiger partial charge in [-0.1, -0.05) is 42.5 Å². The molecule has 1 aliphatic heterocycles. The van der Waals surface area contributed by atoms with E-state index >= 15 is 0 Å². The normalized spacial score (nSPS) is 18.7. The van der Waals surface area contributed by atoms with Crippen molar-refractivity contribution < 1.29 is 14.3 Å². The van der Waals surface area contributed by atoms with Gasteiger partial charge in [-0.15, -0.1) is 0 Å². The van der Waals surface area contributed by atoms with Crippen LogP contribution in [0, 0.1) is 6.92 Å². The fourth-order valence-electron chi connectivity index (χ4n) is 3.61. The zero-order valence-corrected chi connectivity index (χ0v) is 17.0. The zero-order chi connectivity index (χ0) is 21.1. The van der Waals surface area contributed by atoms with Crippen molar-refractivity contribution in [1.29, 1.82) is 0 Å². The molecule has 0 saturated carbocycles. The Hall–Kier alpha value is -3.45. The number of morpholine rings is 1. The van der Waals surface area contributed by atoms with Gasteiger partial charge in [0, 0.05) is 25.4 Å². The third kappa shape index (κ3) is 4.26. The first-order chi connectivity index (χ1) is 14.5. The summed E-state index contributed by atoms with van der Waals surface area (Å²) in [6, 6.07) is 16.9. The number of benzene rings is 2. The highest BCUT2D eigenvalue weighted by Gasteiger charge is 2.37. The average Bonchev–Trinajstić information content (AvgIpc) is 3.22. The molecule has 1 fully saturated rings. The average molecular weight is 404 g/mol. The molecule has 7 nitrogen and oxygen atoms in total. The van der Waals surface area contributed by atoms with E-state index in [9.17, 15) is 9.59 Å². The number of ether oxygens (including phenoxy) is 1. The minimum absolute atomic E-state index is 0.126. The topological polar surface area (TPSA) is 76.5 Å². The van der Waals surface area contributed by atoms with Gasteiger partial charge in [0.15, 0.2) is 6.10 Å². The molecule has 1 aliphatic rings. The van der Waals surface area contributed by atoms with Gasteiger partial charge in [0.1, 0.15) is 6.61 Å². The summed E-state index contributed by atoms with van der Waals surface area (Å²) in [5.41, 5.74) is 3.87. The Labute approximate surface area is 175 Å². The van der Waals surface area contributed by atoms with Crippen LogP contribution in [0.15, 0.2) is 67.0 Å². The summed E-state index contributed by atoms with van der Waals surface area (Å²) in [7, 11) is 1.73. The third-order valence-electron chi connectivity index (χ3n) is 5.11. The molecule has 7 heteroatoms. The number of likely N-dealkylation sites (N-methyl/N-ethyl adjacent to an activating group) is 1. The van der Waals surface area contributed by atoms with Crippen molar-refractivity contribution in [2.45, 2.75) is 25.6 Å². The summed E-state index contributed by atoms with van der Waals surface area (Å²) < 4.78 is 7.44. The summed E-state index contributed by atoms with van der Waals surface area (Å²) in [4.78, 5) is 26.6. The number of amides is 2. The molecule has 0 radical (unpaired) electrons. The maximum atomic E-state index is 13.1.